The van der Waals surface area contributed by atoms with Gasteiger partial charge in [-0.2, -0.15) is 13.2 Å². The molecule has 2 aliphatic heterocycles. The number of piperidine rings is 1. The standard InChI is InChI=1S/C16H16F3N3O2/c1-8-4-3-5-10-12(8)14(24)22(15(21-10)16(17,18)19)11-7-6-9(2)20-13(11)23/h3-5,10-12H,2,6-7H2,1H3,(H,20,23). The number of alkyl halides is 3. The minimum atomic E-state index is -4.82. The first-order valence-corrected chi connectivity index (χ1v) is 7.52. The highest BCUT2D eigenvalue weighted by atomic mass is 19.4. The van der Waals surface area contributed by atoms with E-state index in [-0.39, 0.29) is 6.42 Å². The molecule has 0 radical (unpaired) electrons. The van der Waals surface area contributed by atoms with Crippen LogP contribution in [0.5, 0.6) is 0 Å². The Hall–Kier alpha value is -2.38. The van der Waals surface area contributed by atoms with Gasteiger partial charge in [0.15, 0.2) is 0 Å². The first-order chi connectivity index (χ1) is 11.2. The topological polar surface area (TPSA) is 61.8 Å². The van der Waals surface area contributed by atoms with Gasteiger partial charge in [-0.15, -0.1) is 0 Å². The third-order valence-electron chi connectivity index (χ3n) is 4.39. The van der Waals surface area contributed by atoms with Crippen molar-refractivity contribution in [2.75, 3.05) is 0 Å². The zero-order chi connectivity index (χ0) is 17.6. The molecule has 1 saturated heterocycles. The number of hydrogen-bond donors (Lipinski definition) is 1. The molecule has 3 atom stereocenters. The van der Waals surface area contributed by atoms with Gasteiger partial charge >= 0.3 is 6.18 Å². The molecule has 0 aromatic heterocycles. The predicted molar refractivity (Wildman–Crippen MR) is 80.8 cm³/mol. The van der Waals surface area contributed by atoms with Gasteiger partial charge in [0.05, 0.1) is 12.0 Å². The second-order valence-corrected chi connectivity index (χ2v) is 6.07. The van der Waals surface area contributed by atoms with E-state index in [2.05, 4.69) is 16.9 Å². The van der Waals surface area contributed by atoms with Gasteiger partial charge in [0.1, 0.15) is 6.04 Å². The lowest BCUT2D eigenvalue weighted by atomic mass is 9.84. The second kappa shape index (κ2) is 5.61. The number of amidine groups is 1. The molecule has 3 unspecified atom stereocenters. The van der Waals surface area contributed by atoms with E-state index in [0.29, 0.717) is 22.6 Å². The minimum Gasteiger partial charge on any atom is -0.329 e. The predicted octanol–water partition coefficient (Wildman–Crippen LogP) is 2.08. The summed E-state index contributed by atoms with van der Waals surface area (Å²) in [6.07, 6.45) is 0.317. The van der Waals surface area contributed by atoms with E-state index in [1.54, 1.807) is 19.1 Å². The third kappa shape index (κ3) is 2.65. The Labute approximate surface area is 136 Å². The molecule has 128 valence electrons. The number of hydrogen-bond acceptors (Lipinski definition) is 3. The lowest BCUT2D eigenvalue weighted by Gasteiger charge is -2.41. The van der Waals surface area contributed by atoms with Crippen molar-refractivity contribution in [1.29, 1.82) is 0 Å². The van der Waals surface area contributed by atoms with Crippen molar-refractivity contribution in [3.8, 4) is 0 Å². The zero-order valence-corrected chi connectivity index (χ0v) is 12.9. The van der Waals surface area contributed by atoms with Crippen LogP contribution in [0.1, 0.15) is 19.8 Å². The van der Waals surface area contributed by atoms with Gasteiger partial charge in [0.25, 0.3) is 0 Å². The van der Waals surface area contributed by atoms with Gasteiger partial charge in [-0.3, -0.25) is 19.5 Å². The van der Waals surface area contributed by atoms with Crippen LogP contribution >= 0.6 is 0 Å². The van der Waals surface area contributed by atoms with Gasteiger partial charge < -0.3 is 5.32 Å². The van der Waals surface area contributed by atoms with Gasteiger partial charge in [0, 0.05) is 5.70 Å². The molecular formula is C16H16F3N3O2. The lowest BCUT2D eigenvalue weighted by Crippen LogP contribution is -2.62. The van der Waals surface area contributed by atoms with Gasteiger partial charge in [0.2, 0.25) is 17.6 Å². The smallest absolute Gasteiger partial charge is 0.329 e. The molecule has 0 spiro atoms. The molecule has 0 aromatic carbocycles. The van der Waals surface area contributed by atoms with E-state index in [9.17, 15) is 22.8 Å². The molecule has 1 aliphatic carbocycles. The molecule has 0 saturated carbocycles. The fourth-order valence-electron chi connectivity index (χ4n) is 3.24. The van der Waals surface area contributed by atoms with E-state index < -0.39 is 41.8 Å². The normalized spacial score (nSPS) is 30.6. The molecule has 2 heterocycles. The Balaban J connectivity index is 2.06. The van der Waals surface area contributed by atoms with Gasteiger partial charge in [-0.1, -0.05) is 30.4 Å². The maximum Gasteiger partial charge on any atom is 0.449 e. The maximum absolute atomic E-state index is 13.5. The van der Waals surface area contributed by atoms with E-state index in [4.69, 9.17) is 0 Å². The average molecular weight is 339 g/mol. The summed E-state index contributed by atoms with van der Waals surface area (Å²) < 4.78 is 40.4. The number of fused-ring (bicyclic) bond motifs is 1. The highest BCUT2D eigenvalue weighted by Crippen LogP contribution is 2.36. The van der Waals surface area contributed by atoms with Crippen LogP contribution in [0.2, 0.25) is 0 Å². The number of carbonyl (C=O) groups is 2. The maximum atomic E-state index is 13.5. The summed E-state index contributed by atoms with van der Waals surface area (Å²) in [7, 11) is 0. The molecule has 24 heavy (non-hydrogen) atoms. The van der Waals surface area contributed by atoms with Crippen LogP contribution in [-0.4, -0.2) is 40.8 Å². The van der Waals surface area contributed by atoms with Crippen LogP contribution in [-0.2, 0) is 9.59 Å². The van der Waals surface area contributed by atoms with Crippen LogP contribution in [0.15, 0.2) is 41.1 Å². The number of carbonyl (C=O) groups excluding carboxylic acids is 2. The summed E-state index contributed by atoms with van der Waals surface area (Å²) >= 11 is 0. The fraction of sp³-hybridized carbons (Fsp3) is 0.438. The van der Waals surface area contributed by atoms with Crippen molar-refractivity contribution in [1.82, 2.24) is 10.2 Å². The Kier molecular flexibility index (Phi) is 3.85. The SMILES string of the molecule is C=C1CCC(N2C(=O)C3C(C)=CC=CC3N=C2C(F)(F)F)C(=O)N1. The molecule has 0 aromatic rings. The first-order valence-electron chi connectivity index (χ1n) is 7.52. The largest absolute Gasteiger partial charge is 0.449 e. The molecular weight excluding hydrogens is 323 g/mol. The molecule has 8 heteroatoms. The van der Waals surface area contributed by atoms with Crippen molar-refractivity contribution < 1.29 is 22.8 Å². The summed E-state index contributed by atoms with van der Waals surface area (Å²) in [6.45, 7) is 5.28. The van der Waals surface area contributed by atoms with Crippen molar-refractivity contribution in [3.63, 3.8) is 0 Å². The Morgan fingerprint density at radius 1 is 1.38 bits per heavy atom. The summed E-state index contributed by atoms with van der Waals surface area (Å²) in [5.41, 5.74) is 1.06. The number of nitrogens with zero attached hydrogens (tertiary/aromatic N) is 2. The summed E-state index contributed by atoms with van der Waals surface area (Å²) in [5, 5.41) is 2.42. The number of amides is 2. The third-order valence-corrected chi connectivity index (χ3v) is 4.39. The summed E-state index contributed by atoms with van der Waals surface area (Å²) in [4.78, 5) is 29.2. The van der Waals surface area contributed by atoms with E-state index in [0.717, 1.165) is 0 Å². The highest BCUT2D eigenvalue weighted by molar-refractivity contribution is 6.08. The van der Waals surface area contributed by atoms with Crippen molar-refractivity contribution >= 4 is 17.6 Å². The Bertz CT molecular complexity index is 706. The van der Waals surface area contributed by atoms with E-state index in [1.807, 2.05) is 0 Å². The molecule has 5 nitrogen and oxygen atoms in total. The molecule has 3 aliphatic rings. The molecule has 1 fully saturated rings. The number of nitrogens with one attached hydrogen (secondary N) is 1. The quantitative estimate of drug-likeness (QED) is 0.795. The average Bonchev–Trinajstić information content (AvgIpc) is 2.47. The monoisotopic (exact) mass is 339 g/mol. The van der Waals surface area contributed by atoms with Gasteiger partial charge in [-0.05, 0) is 19.8 Å². The molecule has 3 rings (SSSR count). The van der Waals surface area contributed by atoms with Crippen LogP contribution in [0.4, 0.5) is 13.2 Å². The Morgan fingerprint density at radius 2 is 2.08 bits per heavy atom. The fourth-order valence-corrected chi connectivity index (χ4v) is 3.24. The van der Waals surface area contributed by atoms with Crippen molar-refractivity contribution in [2.24, 2.45) is 10.9 Å². The number of rotatable bonds is 1. The number of halogens is 3. The van der Waals surface area contributed by atoms with Gasteiger partial charge in [-0.25, -0.2) is 0 Å². The van der Waals surface area contributed by atoms with E-state index in [1.165, 1.54) is 6.08 Å². The molecule has 0 bridgehead atoms. The molecule has 1 N–H and O–H groups in total. The minimum absolute atomic E-state index is 0.0848. The van der Waals surface area contributed by atoms with Crippen molar-refractivity contribution in [2.45, 2.75) is 38.0 Å². The van der Waals surface area contributed by atoms with Crippen LogP contribution < -0.4 is 5.32 Å². The summed E-state index contributed by atoms with van der Waals surface area (Å²) in [6, 6.07) is -2.12. The number of allylic oxidation sites excluding steroid dienone is 3. The first kappa shape index (κ1) is 16.5. The van der Waals surface area contributed by atoms with Crippen LogP contribution in [0.3, 0.4) is 0 Å². The number of aliphatic imine (C=N–C) groups is 1. The highest BCUT2D eigenvalue weighted by Gasteiger charge is 2.52. The zero-order valence-electron chi connectivity index (χ0n) is 12.9. The van der Waals surface area contributed by atoms with Crippen LogP contribution in [0, 0.1) is 5.92 Å². The van der Waals surface area contributed by atoms with Crippen molar-refractivity contribution in [3.05, 3.63) is 36.1 Å². The molecule has 2 amide bonds. The Morgan fingerprint density at radius 3 is 2.71 bits per heavy atom. The van der Waals surface area contributed by atoms with Crippen LogP contribution in [0.25, 0.3) is 0 Å². The summed E-state index contributed by atoms with van der Waals surface area (Å²) in [5.74, 6) is -3.52. The van der Waals surface area contributed by atoms with E-state index >= 15 is 0 Å². The lowest BCUT2D eigenvalue weighted by molar-refractivity contribution is -0.143. The second-order valence-electron chi connectivity index (χ2n) is 6.07.